The number of hydrogen-bond donors (Lipinski definition) is 2. The van der Waals surface area contributed by atoms with Gasteiger partial charge in [-0.05, 0) is 37.5 Å². The molecular formula is C12H21BrO3. The Morgan fingerprint density at radius 1 is 1.44 bits per heavy atom. The molecule has 16 heavy (non-hydrogen) atoms. The van der Waals surface area contributed by atoms with Crippen molar-refractivity contribution in [3.63, 3.8) is 0 Å². The van der Waals surface area contributed by atoms with Crippen molar-refractivity contribution >= 4 is 15.9 Å². The molecule has 0 amide bonds. The largest absolute Gasteiger partial charge is 0.396 e. The number of ether oxygens (including phenoxy) is 1. The highest BCUT2D eigenvalue weighted by Gasteiger charge is 2.52. The SMILES string of the molecule is CCC(Br)C1O[C@@H]([C@H](O)CCO)CC2CC21. The summed E-state index contributed by atoms with van der Waals surface area (Å²) < 4.78 is 6.00. The van der Waals surface area contributed by atoms with Crippen LogP contribution in [0.4, 0.5) is 0 Å². The fourth-order valence-corrected chi connectivity index (χ4v) is 3.27. The lowest BCUT2D eigenvalue weighted by atomic mass is 9.97. The van der Waals surface area contributed by atoms with Gasteiger partial charge in [-0.25, -0.2) is 0 Å². The van der Waals surface area contributed by atoms with Crippen LogP contribution in [0.5, 0.6) is 0 Å². The van der Waals surface area contributed by atoms with Crippen molar-refractivity contribution in [2.24, 2.45) is 11.8 Å². The summed E-state index contributed by atoms with van der Waals surface area (Å²) in [6, 6.07) is 0. The predicted molar refractivity (Wildman–Crippen MR) is 65.6 cm³/mol. The Morgan fingerprint density at radius 2 is 2.19 bits per heavy atom. The Balaban J connectivity index is 1.92. The van der Waals surface area contributed by atoms with Crippen molar-refractivity contribution in [2.75, 3.05) is 6.61 Å². The van der Waals surface area contributed by atoms with E-state index in [1.807, 2.05) is 0 Å². The van der Waals surface area contributed by atoms with Gasteiger partial charge in [-0.15, -0.1) is 0 Å². The van der Waals surface area contributed by atoms with Crippen molar-refractivity contribution in [3.8, 4) is 0 Å². The van der Waals surface area contributed by atoms with Gasteiger partial charge in [0, 0.05) is 11.4 Å². The first-order chi connectivity index (χ1) is 7.67. The van der Waals surface area contributed by atoms with Crippen molar-refractivity contribution in [1.82, 2.24) is 0 Å². The van der Waals surface area contributed by atoms with Gasteiger partial charge in [0.15, 0.2) is 0 Å². The Kier molecular flexibility index (Phi) is 4.27. The van der Waals surface area contributed by atoms with Crippen LogP contribution in [0.15, 0.2) is 0 Å². The summed E-state index contributed by atoms with van der Waals surface area (Å²) in [5.41, 5.74) is 0. The van der Waals surface area contributed by atoms with E-state index >= 15 is 0 Å². The van der Waals surface area contributed by atoms with E-state index in [4.69, 9.17) is 9.84 Å². The average Bonchev–Trinajstić information content (AvgIpc) is 3.05. The Bertz CT molecular complexity index is 234. The fourth-order valence-electron chi connectivity index (χ4n) is 2.75. The number of hydrogen-bond acceptors (Lipinski definition) is 3. The first-order valence-corrected chi connectivity index (χ1v) is 7.17. The summed E-state index contributed by atoms with van der Waals surface area (Å²) >= 11 is 3.67. The first-order valence-electron chi connectivity index (χ1n) is 6.25. The van der Waals surface area contributed by atoms with Gasteiger partial charge < -0.3 is 14.9 Å². The molecule has 4 unspecified atom stereocenters. The lowest BCUT2D eigenvalue weighted by Crippen LogP contribution is -2.41. The van der Waals surface area contributed by atoms with Gasteiger partial charge in [0.25, 0.3) is 0 Å². The maximum atomic E-state index is 9.88. The third kappa shape index (κ3) is 2.61. The van der Waals surface area contributed by atoms with Crippen LogP contribution < -0.4 is 0 Å². The van der Waals surface area contributed by atoms with Crippen molar-refractivity contribution in [1.29, 1.82) is 0 Å². The Hall–Kier alpha value is 0.360. The topological polar surface area (TPSA) is 49.7 Å². The maximum Gasteiger partial charge on any atom is 0.0842 e. The van der Waals surface area contributed by atoms with Gasteiger partial charge in [0.05, 0.1) is 18.3 Å². The van der Waals surface area contributed by atoms with E-state index in [1.54, 1.807) is 0 Å². The summed E-state index contributed by atoms with van der Waals surface area (Å²) in [5.74, 6) is 1.44. The highest BCUT2D eigenvalue weighted by molar-refractivity contribution is 9.09. The van der Waals surface area contributed by atoms with Crippen LogP contribution in [0.25, 0.3) is 0 Å². The molecule has 2 N–H and O–H groups in total. The van der Waals surface area contributed by atoms with Gasteiger partial charge in [-0.2, -0.15) is 0 Å². The lowest BCUT2D eigenvalue weighted by molar-refractivity contribution is -0.113. The number of aliphatic hydroxyl groups excluding tert-OH is 2. The van der Waals surface area contributed by atoms with Crippen LogP contribution in [0.3, 0.4) is 0 Å². The molecule has 0 aromatic rings. The van der Waals surface area contributed by atoms with E-state index in [9.17, 15) is 5.11 Å². The van der Waals surface area contributed by atoms with E-state index in [1.165, 1.54) is 6.42 Å². The highest BCUT2D eigenvalue weighted by atomic mass is 79.9. The Morgan fingerprint density at radius 3 is 2.81 bits per heavy atom. The molecule has 1 aliphatic carbocycles. The second-order valence-corrected chi connectivity index (χ2v) is 6.21. The molecule has 3 nitrogen and oxygen atoms in total. The van der Waals surface area contributed by atoms with Crippen LogP contribution in [0.2, 0.25) is 0 Å². The third-order valence-corrected chi connectivity index (χ3v) is 5.04. The number of fused-ring (bicyclic) bond motifs is 1. The summed E-state index contributed by atoms with van der Waals surface area (Å²) in [7, 11) is 0. The predicted octanol–water partition coefficient (Wildman–Crippen LogP) is 1.70. The Labute approximate surface area is 105 Å². The molecule has 0 bridgehead atoms. The molecule has 1 saturated heterocycles. The normalized spacial score (nSPS) is 41.2. The monoisotopic (exact) mass is 292 g/mol. The molecule has 1 saturated carbocycles. The minimum Gasteiger partial charge on any atom is -0.396 e. The van der Waals surface area contributed by atoms with Crippen LogP contribution in [0.1, 0.15) is 32.6 Å². The maximum absolute atomic E-state index is 9.88. The second kappa shape index (κ2) is 5.34. The zero-order valence-electron chi connectivity index (χ0n) is 9.68. The van der Waals surface area contributed by atoms with Gasteiger partial charge in [0.2, 0.25) is 0 Å². The molecule has 0 aromatic carbocycles. The summed E-state index contributed by atoms with van der Waals surface area (Å²) in [5, 5.41) is 18.7. The summed E-state index contributed by atoms with van der Waals surface area (Å²) in [6.07, 6.45) is 3.35. The van der Waals surface area contributed by atoms with Crippen molar-refractivity contribution < 1.29 is 14.9 Å². The fraction of sp³-hybridized carbons (Fsp3) is 1.00. The zero-order chi connectivity index (χ0) is 11.7. The van der Waals surface area contributed by atoms with Gasteiger partial charge in [0.1, 0.15) is 0 Å². The summed E-state index contributed by atoms with van der Waals surface area (Å²) in [6.45, 7) is 2.18. The average molecular weight is 293 g/mol. The first kappa shape index (κ1) is 12.8. The molecule has 2 aliphatic rings. The molecule has 6 atom stereocenters. The minimum atomic E-state index is -0.509. The van der Waals surface area contributed by atoms with Crippen LogP contribution >= 0.6 is 15.9 Å². The smallest absolute Gasteiger partial charge is 0.0842 e. The molecule has 94 valence electrons. The molecule has 0 aromatic heterocycles. The van der Waals surface area contributed by atoms with E-state index in [0.717, 1.165) is 18.8 Å². The zero-order valence-corrected chi connectivity index (χ0v) is 11.3. The number of rotatable bonds is 5. The molecule has 2 fully saturated rings. The minimum absolute atomic E-state index is 0.0330. The van der Waals surface area contributed by atoms with Crippen LogP contribution in [0, 0.1) is 11.8 Å². The molecule has 0 spiro atoms. The van der Waals surface area contributed by atoms with Crippen molar-refractivity contribution in [3.05, 3.63) is 0 Å². The number of aliphatic hydroxyl groups is 2. The molecule has 4 heteroatoms. The molecule has 1 aliphatic heterocycles. The van der Waals surface area contributed by atoms with E-state index in [0.29, 0.717) is 17.2 Å². The summed E-state index contributed by atoms with van der Waals surface area (Å²) in [4.78, 5) is 0.395. The van der Waals surface area contributed by atoms with Gasteiger partial charge >= 0.3 is 0 Å². The quantitative estimate of drug-likeness (QED) is 0.759. The highest BCUT2D eigenvalue weighted by Crippen LogP contribution is 2.52. The molecule has 1 heterocycles. The van der Waals surface area contributed by atoms with E-state index in [-0.39, 0.29) is 18.8 Å². The number of alkyl halides is 1. The van der Waals surface area contributed by atoms with Crippen molar-refractivity contribution in [2.45, 2.75) is 55.7 Å². The van der Waals surface area contributed by atoms with E-state index in [2.05, 4.69) is 22.9 Å². The standard InChI is InChI=1S/C12H21BrO3/c1-2-9(13)12-8-5-7(8)6-11(16-12)10(15)3-4-14/h7-12,14-15H,2-6H2,1H3/t7?,8?,9?,10-,11-,12?/m1/s1. The van der Waals surface area contributed by atoms with Crippen LogP contribution in [-0.2, 0) is 4.74 Å². The second-order valence-electron chi connectivity index (χ2n) is 5.04. The van der Waals surface area contributed by atoms with Crippen LogP contribution in [-0.4, -0.2) is 40.0 Å². The lowest BCUT2D eigenvalue weighted by Gasteiger charge is -2.34. The molecule has 0 radical (unpaired) electrons. The third-order valence-electron chi connectivity index (χ3n) is 3.87. The number of halogens is 1. The van der Waals surface area contributed by atoms with E-state index < -0.39 is 6.10 Å². The van der Waals surface area contributed by atoms with Gasteiger partial charge in [-0.3, -0.25) is 0 Å². The molecule has 2 rings (SSSR count). The molecular weight excluding hydrogens is 272 g/mol. The van der Waals surface area contributed by atoms with Gasteiger partial charge in [-0.1, -0.05) is 22.9 Å².